The Balaban J connectivity index is 1.59. The lowest BCUT2D eigenvalue weighted by Gasteiger charge is -2.27. The summed E-state index contributed by atoms with van der Waals surface area (Å²) in [6.07, 6.45) is 13.9. The van der Waals surface area contributed by atoms with Crippen molar-refractivity contribution in [2.75, 3.05) is 20.1 Å². The minimum absolute atomic E-state index is 0.614. The van der Waals surface area contributed by atoms with E-state index in [0.29, 0.717) is 18.1 Å². The van der Waals surface area contributed by atoms with Crippen LogP contribution in [0.15, 0.2) is 18.7 Å². The lowest BCUT2D eigenvalue weighted by Crippen LogP contribution is -2.41. The number of aromatic nitrogens is 2. The van der Waals surface area contributed by atoms with Crippen LogP contribution in [0.5, 0.6) is 0 Å². The van der Waals surface area contributed by atoms with Crippen LogP contribution in [0.2, 0.25) is 0 Å². The highest BCUT2D eigenvalue weighted by Crippen LogP contribution is 2.30. The Morgan fingerprint density at radius 3 is 2.89 bits per heavy atom. The molecular weight excluding hydrogens is 236 g/mol. The third-order valence-electron chi connectivity index (χ3n) is 4.79. The smallest absolute Gasteiger partial charge is 0.0949 e. The van der Waals surface area contributed by atoms with E-state index in [1.54, 1.807) is 0 Å². The van der Waals surface area contributed by atoms with Crippen molar-refractivity contribution in [3.05, 3.63) is 18.7 Å². The second kappa shape index (κ2) is 6.06. The monoisotopic (exact) mass is 262 g/mol. The Morgan fingerprint density at radius 1 is 1.11 bits per heavy atom. The number of nitrogens with zero attached hydrogens (tertiary/aromatic N) is 3. The maximum absolute atomic E-state index is 4.20. The zero-order chi connectivity index (χ0) is 13.1. The van der Waals surface area contributed by atoms with Gasteiger partial charge in [0.25, 0.3) is 0 Å². The fourth-order valence-corrected chi connectivity index (χ4v) is 3.67. The van der Waals surface area contributed by atoms with E-state index in [0.717, 1.165) is 0 Å². The molecule has 1 N–H and O–H groups in total. The standard InChI is InChI=1S/C15H26N4/c1-18-9-3-4-13(7-10-18)17-14-5-2-6-15(14)19-11-8-16-12-19/h8,11-15,17H,2-7,9-10H2,1H3. The minimum Gasteiger partial charge on any atom is -0.333 e. The number of imidazole rings is 1. The van der Waals surface area contributed by atoms with E-state index in [9.17, 15) is 0 Å². The van der Waals surface area contributed by atoms with Gasteiger partial charge in [-0.25, -0.2) is 4.98 Å². The molecule has 1 aliphatic heterocycles. The average Bonchev–Trinajstić information content (AvgIpc) is 3.02. The molecule has 0 aromatic carbocycles. The van der Waals surface area contributed by atoms with E-state index in [1.807, 2.05) is 12.5 Å². The number of hydrogen-bond donors (Lipinski definition) is 1. The largest absolute Gasteiger partial charge is 0.333 e. The lowest BCUT2D eigenvalue weighted by atomic mass is 10.1. The molecule has 0 spiro atoms. The van der Waals surface area contributed by atoms with Gasteiger partial charge in [0.05, 0.1) is 6.33 Å². The molecule has 3 rings (SSSR count). The van der Waals surface area contributed by atoms with Crippen LogP contribution in [0, 0.1) is 0 Å². The molecule has 2 heterocycles. The molecule has 0 bridgehead atoms. The number of likely N-dealkylation sites (tertiary alicyclic amines) is 1. The van der Waals surface area contributed by atoms with Crippen LogP contribution in [0.3, 0.4) is 0 Å². The maximum atomic E-state index is 4.20. The Bertz CT molecular complexity index is 376. The molecule has 3 unspecified atom stereocenters. The highest BCUT2D eigenvalue weighted by Gasteiger charge is 2.30. The van der Waals surface area contributed by atoms with Gasteiger partial charge in [-0.1, -0.05) is 0 Å². The highest BCUT2D eigenvalue weighted by molar-refractivity contribution is 4.93. The van der Waals surface area contributed by atoms with Gasteiger partial charge in [-0.15, -0.1) is 0 Å². The van der Waals surface area contributed by atoms with Gasteiger partial charge >= 0.3 is 0 Å². The maximum Gasteiger partial charge on any atom is 0.0949 e. The van der Waals surface area contributed by atoms with Gasteiger partial charge in [0.2, 0.25) is 0 Å². The quantitative estimate of drug-likeness (QED) is 0.905. The molecule has 2 aliphatic rings. The van der Waals surface area contributed by atoms with Crippen LogP contribution in [0.1, 0.15) is 44.6 Å². The fourth-order valence-electron chi connectivity index (χ4n) is 3.67. The van der Waals surface area contributed by atoms with E-state index in [1.165, 1.54) is 51.6 Å². The molecule has 1 aromatic rings. The average molecular weight is 262 g/mol. The van der Waals surface area contributed by atoms with Gasteiger partial charge in [-0.2, -0.15) is 0 Å². The van der Waals surface area contributed by atoms with Crippen molar-refractivity contribution in [2.45, 2.75) is 56.7 Å². The SMILES string of the molecule is CN1CCCC(NC2CCCC2n2ccnc2)CC1. The van der Waals surface area contributed by atoms with Crippen molar-refractivity contribution in [2.24, 2.45) is 0 Å². The summed E-state index contributed by atoms with van der Waals surface area (Å²) in [6, 6.07) is 1.96. The third-order valence-corrected chi connectivity index (χ3v) is 4.79. The van der Waals surface area contributed by atoms with E-state index in [-0.39, 0.29) is 0 Å². The van der Waals surface area contributed by atoms with E-state index < -0.39 is 0 Å². The van der Waals surface area contributed by atoms with Gasteiger partial charge in [0.1, 0.15) is 0 Å². The van der Waals surface area contributed by atoms with Crippen molar-refractivity contribution in [3.8, 4) is 0 Å². The summed E-state index contributed by atoms with van der Waals surface area (Å²) in [5.41, 5.74) is 0. The Kier molecular flexibility index (Phi) is 4.18. The summed E-state index contributed by atoms with van der Waals surface area (Å²) in [5.74, 6) is 0. The summed E-state index contributed by atoms with van der Waals surface area (Å²) >= 11 is 0. The molecule has 0 amide bonds. The molecule has 1 aliphatic carbocycles. The van der Waals surface area contributed by atoms with Gasteiger partial charge in [-0.3, -0.25) is 0 Å². The molecular formula is C15H26N4. The first-order valence-electron chi connectivity index (χ1n) is 7.75. The van der Waals surface area contributed by atoms with Crippen LogP contribution in [-0.2, 0) is 0 Å². The number of nitrogens with one attached hydrogen (secondary N) is 1. The van der Waals surface area contributed by atoms with Crippen molar-refractivity contribution in [3.63, 3.8) is 0 Å². The molecule has 0 radical (unpaired) electrons. The molecule has 1 saturated carbocycles. The van der Waals surface area contributed by atoms with E-state index in [2.05, 4.69) is 33.0 Å². The topological polar surface area (TPSA) is 33.1 Å². The molecule has 19 heavy (non-hydrogen) atoms. The zero-order valence-corrected chi connectivity index (χ0v) is 12.0. The van der Waals surface area contributed by atoms with Gasteiger partial charge in [-0.05, 0) is 58.7 Å². The highest BCUT2D eigenvalue weighted by atomic mass is 15.1. The molecule has 3 atom stereocenters. The van der Waals surface area contributed by atoms with Crippen LogP contribution in [-0.4, -0.2) is 46.7 Å². The van der Waals surface area contributed by atoms with Crippen molar-refractivity contribution in [1.29, 1.82) is 0 Å². The van der Waals surface area contributed by atoms with Crippen LogP contribution in [0.25, 0.3) is 0 Å². The summed E-state index contributed by atoms with van der Waals surface area (Å²) in [7, 11) is 2.24. The molecule has 4 heteroatoms. The predicted molar refractivity (Wildman–Crippen MR) is 77.2 cm³/mol. The van der Waals surface area contributed by atoms with E-state index >= 15 is 0 Å². The summed E-state index contributed by atoms with van der Waals surface area (Å²) in [6.45, 7) is 2.49. The fraction of sp³-hybridized carbons (Fsp3) is 0.800. The summed E-state index contributed by atoms with van der Waals surface area (Å²) in [5, 5.41) is 3.94. The molecule has 1 aromatic heterocycles. The molecule has 4 nitrogen and oxygen atoms in total. The summed E-state index contributed by atoms with van der Waals surface area (Å²) < 4.78 is 2.30. The Hall–Kier alpha value is -0.870. The number of rotatable bonds is 3. The minimum atomic E-state index is 0.614. The molecule has 1 saturated heterocycles. The van der Waals surface area contributed by atoms with Gasteiger partial charge < -0.3 is 14.8 Å². The van der Waals surface area contributed by atoms with Gasteiger partial charge in [0, 0.05) is 30.5 Å². The van der Waals surface area contributed by atoms with Crippen LogP contribution in [0.4, 0.5) is 0 Å². The van der Waals surface area contributed by atoms with Crippen LogP contribution < -0.4 is 5.32 Å². The Morgan fingerprint density at radius 2 is 2.05 bits per heavy atom. The van der Waals surface area contributed by atoms with Gasteiger partial charge in [0.15, 0.2) is 0 Å². The normalized spacial score (nSPS) is 33.4. The van der Waals surface area contributed by atoms with Crippen molar-refractivity contribution >= 4 is 0 Å². The summed E-state index contributed by atoms with van der Waals surface area (Å²) in [4.78, 5) is 6.66. The first kappa shape index (κ1) is 13.1. The van der Waals surface area contributed by atoms with Crippen molar-refractivity contribution in [1.82, 2.24) is 19.8 Å². The zero-order valence-electron chi connectivity index (χ0n) is 12.0. The lowest BCUT2D eigenvalue weighted by molar-refractivity contribution is 0.319. The second-order valence-electron chi connectivity index (χ2n) is 6.21. The van der Waals surface area contributed by atoms with Crippen molar-refractivity contribution < 1.29 is 0 Å². The first-order chi connectivity index (χ1) is 9.33. The van der Waals surface area contributed by atoms with Crippen LogP contribution >= 0.6 is 0 Å². The molecule has 2 fully saturated rings. The number of hydrogen-bond acceptors (Lipinski definition) is 3. The van der Waals surface area contributed by atoms with E-state index in [4.69, 9.17) is 0 Å². The second-order valence-corrected chi connectivity index (χ2v) is 6.21. The predicted octanol–water partition coefficient (Wildman–Crippen LogP) is 2.05. The first-order valence-corrected chi connectivity index (χ1v) is 7.75. The Labute approximate surface area is 116 Å². The third kappa shape index (κ3) is 3.18. The molecule has 106 valence electrons.